The lowest BCUT2D eigenvalue weighted by atomic mass is 10.0. The highest BCUT2D eigenvalue weighted by molar-refractivity contribution is 5.69. The van der Waals surface area contributed by atoms with Crippen LogP contribution in [0.25, 0.3) is 16.8 Å². The highest BCUT2D eigenvalue weighted by Crippen LogP contribution is 2.32. The number of nitrogens with zero attached hydrogens (tertiary/aromatic N) is 3. The maximum absolute atomic E-state index is 15.0. The number of nitrogen functional groups attached to an aromatic ring is 1. The van der Waals surface area contributed by atoms with Crippen molar-refractivity contribution in [1.29, 1.82) is 0 Å². The second kappa shape index (κ2) is 8.65. The van der Waals surface area contributed by atoms with Gasteiger partial charge in [0.25, 0.3) is 0 Å². The maximum Gasteiger partial charge on any atom is 0.240 e. The third-order valence-electron chi connectivity index (χ3n) is 4.84. The maximum atomic E-state index is 15.0. The van der Waals surface area contributed by atoms with Gasteiger partial charge in [-0.1, -0.05) is 12.1 Å². The summed E-state index contributed by atoms with van der Waals surface area (Å²) in [5, 5.41) is 14.1. The number of benzene rings is 2. The smallest absolute Gasteiger partial charge is 0.240 e. The number of aromatic nitrogens is 3. The minimum absolute atomic E-state index is 0.00467. The molecule has 2 heterocycles. The molecule has 0 bridgehead atoms. The average molecular weight is 428 g/mol. The van der Waals surface area contributed by atoms with Crippen LogP contribution in [0.15, 0.2) is 54.7 Å². The predicted molar refractivity (Wildman–Crippen MR) is 109 cm³/mol. The first-order chi connectivity index (χ1) is 14.9. The molecule has 0 fully saturated rings. The van der Waals surface area contributed by atoms with Crippen molar-refractivity contribution in [2.75, 3.05) is 12.3 Å². The van der Waals surface area contributed by atoms with Crippen molar-refractivity contribution in [3.05, 3.63) is 77.7 Å². The van der Waals surface area contributed by atoms with Gasteiger partial charge in [0.05, 0.1) is 12.7 Å². The van der Waals surface area contributed by atoms with Crippen molar-refractivity contribution in [1.82, 2.24) is 14.6 Å². The van der Waals surface area contributed by atoms with Crippen LogP contribution >= 0.6 is 0 Å². The van der Waals surface area contributed by atoms with Gasteiger partial charge in [-0.3, -0.25) is 0 Å². The van der Waals surface area contributed by atoms with E-state index in [1.54, 1.807) is 18.3 Å². The van der Waals surface area contributed by atoms with Gasteiger partial charge in [0.1, 0.15) is 5.82 Å². The Morgan fingerprint density at radius 3 is 2.61 bits per heavy atom. The van der Waals surface area contributed by atoms with Gasteiger partial charge in [-0.15, -0.1) is 5.10 Å². The Kier molecular flexibility index (Phi) is 5.77. The number of anilines is 1. The van der Waals surface area contributed by atoms with Crippen LogP contribution in [-0.4, -0.2) is 26.3 Å². The Balaban J connectivity index is 1.45. The molecule has 0 radical (unpaired) electrons. The number of nitrogens with two attached hydrogens (primary N) is 1. The lowest BCUT2D eigenvalue weighted by Crippen LogP contribution is -2.05. The van der Waals surface area contributed by atoms with Crippen molar-refractivity contribution in [2.24, 2.45) is 0 Å². The van der Waals surface area contributed by atoms with E-state index >= 15 is 0 Å². The molecule has 4 rings (SSSR count). The van der Waals surface area contributed by atoms with Crippen LogP contribution < -0.4 is 10.5 Å². The number of hydrogen-bond acceptors (Lipinski definition) is 5. The normalized spacial score (nSPS) is 12.3. The summed E-state index contributed by atoms with van der Waals surface area (Å²) in [7, 11) is 0. The van der Waals surface area contributed by atoms with Crippen molar-refractivity contribution in [3.63, 3.8) is 0 Å². The molecule has 0 spiro atoms. The fourth-order valence-corrected chi connectivity index (χ4v) is 3.26. The fourth-order valence-electron chi connectivity index (χ4n) is 3.26. The van der Waals surface area contributed by atoms with Crippen molar-refractivity contribution >= 4 is 11.6 Å². The number of aliphatic hydroxyl groups excluding tert-OH is 1. The summed E-state index contributed by atoms with van der Waals surface area (Å²) in [5.41, 5.74) is 7.16. The molecule has 1 atom stereocenters. The van der Waals surface area contributed by atoms with E-state index in [0.717, 1.165) is 6.07 Å². The quantitative estimate of drug-likeness (QED) is 0.429. The highest BCUT2D eigenvalue weighted by Gasteiger charge is 2.17. The number of halogens is 3. The van der Waals surface area contributed by atoms with Gasteiger partial charge in [0, 0.05) is 11.8 Å². The number of aliphatic hydroxyl groups is 1. The van der Waals surface area contributed by atoms with Crippen LogP contribution in [0.2, 0.25) is 0 Å². The number of fused-ring (bicyclic) bond motifs is 1. The van der Waals surface area contributed by atoms with Gasteiger partial charge < -0.3 is 15.6 Å². The number of hydrogen-bond donors (Lipinski definition) is 2. The van der Waals surface area contributed by atoms with Crippen molar-refractivity contribution < 1.29 is 23.0 Å². The summed E-state index contributed by atoms with van der Waals surface area (Å²) in [5.74, 6) is -2.46. The molecular weight excluding hydrogens is 409 g/mol. The summed E-state index contributed by atoms with van der Waals surface area (Å²) in [6.45, 7) is -0.00467. The highest BCUT2D eigenvalue weighted by atomic mass is 19.1. The van der Waals surface area contributed by atoms with Crippen molar-refractivity contribution in [2.45, 2.75) is 18.9 Å². The van der Waals surface area contributed by atoms with Gasteiger partial charge in [-0.05, 0) is 60.4 Å². The third-order valence-corrected chi connectivity index (χ3v) is 4.84. The van der Waals surface area contributed by atoms with Crippen molar-refractivity contribution in [3.8, 4) is 16.9 Å². The Morgan fingerprint density at radius 1 is 1.06 bits per heavy atom. The largest absolute Gasteiger partial charge is 0.488 e. The molecular formula is C22H19F3N4O2. The summed E-state index contributed by atoms with van der Waals surface area (Å²) in [6, 6.07) is 11.1. The number of ether oxygens (including phenoxy) is 1. The standard InChI is InChI=1S/C22H19F3N4O2/c23-15-5-3-13(4-6-15)18(30)2-1-11-31-21-17(24)8-7-16(20(21)25)14-9-10-29-19(12-14)27-22(26)28-29/h3-10,12,18,30H,1-2,11H2,(H2,26,28). The van der Waals surface area contributed by atoms with Crippen LogP contribution in [0.1, 0.15) is 24.5 Å². The summed E-state index contributed by atoms with van der Waals surface area (Å²) in [6.07, 6.45) is 1.38. The van der Waals surface area contributed by atoms with E-state index in [9.17, 15) is 18.3 Å². The van der Waals surface area contributed by atoms with E-state index in [1.807, 2.05) is 0 Å². The van der Waals surface area contributed by atoms with E-state index in [-0.39, 0.29) is 18.1 Å². The summed E-state index contributed by atoms with van der Waals surface area (Å²) >= 11 is 0. The van der Waals surface area contributed by atoms with Crippen LogP contribution in [0, 0.1) is 17.5 Å². The molecule has 0 amide bonds. The SMILES string of the molecule is Nc1nc2cc(-c3ccc(F)c(OCCCC(O)c4ccc(F)cc4)c3F)ccn2n1. The molecule has 2 aromatic carbocycles. The molecule has 0 saturated carbocycles. The summed E-state index contributed by atoms with van der Waals surface area (Å²) < 4.78 is 49.0. The molecule has 160 valence electrons. The Bertz CT molecular complexity index is 1210. The first-order valence-corrected chi connectivity index (χ1v) is 9.59. The van der Waals surface area contributed by atoms with Gasteiger partial charge in [-0.25, -0.2) is 17.7 Å². The molecule has 4 aromatic rings. The number of pyridine rings is 1. The lowest BCUT2D eigenvalue weighted by molar-refractivity contribution is 0.153. The Hall–Kier alpha value is -3.59. The average Bonchev–Trinajstić information content (AvgIpc) is 3.12. The van der Waals surface area contributed by atoms with Gasteiger partial charge in [0.15, 0.2) is 23.0 Å². The van der Waals surface area contributed by atoms with Gasteiger partial charge in [0.2, 0.25) is 5.95 Å². The van der Waals surface area contributed by atoms with Gasteiger partial charge >= 0.3 is 0 Å². The molecule has 6 nitrogen and oxygen atoms in total. The molecule has 2 aromatic heterocycles. The second-order valence-electron chi connectivity index (χ2n) is 6.98. The molecule has 9 heteroatoms. The predicted octanol–water partition coefficient (Wildman–Crippen LogP) is 4.29. The first kappa shape index (κ1) is 20.7. The molecule has 3 N–H and O–H groups in total. The Morgan fingerprint density at radius 2 is 1.84 bits per heavy atom. The van der Waals surface area contributed by atoms with Crippen LogP contribution in [0.3, 0.4) is 0 Å². The molecule has 0 aliphatic heterocycles. The van der Waals surface area contributed by atoms with E-state index in [2.05, 4.69) is 10.1 Å². The van der Waals surface area contributed by atoms with Crippen LogP contribution in [-0.2, 0) is 0 Å². The molecule has 0 aliphatic carbocycles. The lowest BCUT2D eigenvalue weighted by Gasteiger charge is -2.13. The molecule has 0 saturated heterocycles. The minimum Gasteiger partial charge on any atom is -0.488 e. The third kappa shape index (κ3) is 4.46. The molecule has 1 unspecified atom stereocenters. The van der Waals surface area contributed by atoms with E-state index < -0.39 is 29.3 Å². The Labute approximate surface area is 175 Å². The second-order valence-corrected chi connectivity index (χ2v) is 6.98. The summed E-state index contributed by atoms with van der Waals surface area (Å²) in [4.78, 5) is 4.03. The van der Waals surface area contributed by atoms with E-state index in [0.29, 0.717) is 29.6 Å². The zero-order chi connectivity index (χ0) is 22.0. The number of rotatable bonds is 7. The molecule has 31 heavy (non-hydrogen) atoms. The first-order valence-electron chi connectivity index (χ1n) is 9.59. The monoisotopic (exact) mass is 428 g/mol. The van der Waals surface area contributed by atoms with Gasteiger partial charge in [-0.2, -0.15) is 4.98 Å². The van der Waals surface area contributed by atoms with E-state index in [4.69, 9.17) is 10.5 Å². The minimum atomic E-state index is -0.837. The fraction of sp³-hybridized carbons (Fsp3) is 0.182. The molecule has 0 aliphatic rings. The zero-order valence-corrected chi connectivity index (χ0v) is 16.3. The zero-order valence-electron chi connectivity index (χ0n) is 16.3. The van der Waals surface area contributed by atoms with E-state index in [1.165, 1.54) is 34.8 Å². The topological polar surface area (TPSA) is 85.7 Å². The van der Waals surface area contributed by atoms with Crippen LogP contribution in [0.5, 0.6) is 5.75 Å². The van der Waals surface area contributed by atoms with Crippen LogP contribution in [0.4, 0.5) is 19.1 Å².